The van der Waals surface area contributed by atoms with Crippen LogP contribution in [0.25, 0.3) is 22.3 Å². The van der Waals surface area contributed by atoms with Crippen molar-refractivity contribution < 1.29 is 9.59 Å². The summed E-state index contributed by atoms with van der Waals surface area (Å²) < 4.78 is 1.76. The Labute approximate surface area is 215 Å². The van der Waals surface area contributed by atoms with E-state index in [2.05, 4.69) is 10.6 Å². The first kappa shape index (κ1) is 25.6. The van der Waals surface area contributed by atoms with Crippen molar-refractivity contribution in [3.63, 3.8) is 0 Å². The fourth-order valence-electron chi connectivity index (χ4n) is 4.32. The van der Waals surface area contributed by atoms with Gasteiger partial charge in [0.25, 0.3) is 0 Å². The van der Waals surface area contributed by atoms with Crippen LogP contribution in [0.15, 0.2) is 71.5 Å². The summed E-state index contributed by atoms with van der Waals surface area (Å²) in [5.74, 6) is -0.0512. The Bertz CT molecular complexity index is 1480. The average Bonchev–Trinajstić information content (AvgIpc) is 2.92. The fourth-order valence-corrected chi connectivity index (χ4v) is 4.32. The van der Waals surface area contributed by atoms with E-state index < -0.39 is 0 Å². The molecular weight excluding hydrogens is 466 g/mol. The van der Waals surface area contributed by atoms with Crippen molar-refractivity contribution in [3.8, 4) is 11.3 Å². The zero-order valence-electron chi connectivity index (χ0n) is 21.1. The lowest BCUT2D eigenvalue weighted by molar-refractivity contribution is -0.121. The van der Waals surface area contributed by atoms with Gasteiger partial charge in [-0.2, -0.15) is 0 Å². The van der Waals surface area contributed by atoms with Gasteiger partial charge in [-0.05, 0) is 36.6 Å². The van der Waals surface area contributed by atoms with E-state index in [1.165, 1.54) is 12.6 Å². The van der Waals surface area contributed by atoms with Gasteiger partial charge >= 0.3 is 0 Å². The number of likely N-dealkylation sites (N-methyl/N-ethyl adjacent to an activating group) is 1. The van der Waals surface area contributed by atoms with Crippen molar-refractivity contribution in [3.05, 3.63) is 93.6 Å². The lowest BCUT2D eigenvalue weighted by Gasteiger charge is -2.16. The molecule has 0 saturated heterocycles. The van der Waals surface area contributed by atoms with Crippen molar-refractivity contribution in [1.29, 1.82) is 0 Å². The minimum absolute atomic E-state index is 0.0255. The Hall–Kier alpha value is -4.46. The number of aromatic nitrogens is 2. The number of aryl methyl sites for hydroxylation is 1. The van der Waals surface area contributed by atoms with E-state index in [0.717, 1.165) is 17.5 Å². The van der Waals surface area contributed by atoms with Crippen LogP contribution >= 0.6 is 0 Å². The maximum atomic E-state index is 13.1. The third-order valence-electron chi connectivity index (χ3n) is 6.37. The maximum absolute atomic E-state index is 13.1. The third-order valence-corrected chi connectivity index (χ3v) is 6.37. The molecule has 4 aromatic rings. The monoisotopic (exact) mass is 497 g/mol. The average molecular weight is 498 g/mol. The van der Waals surface area contributed by atoms with E-state index in [-0.39, 0.29) is 35.0 Å². The predicted octanol–water partition coefficient (Wildman–Crippen LogP) is 2.86. The summed E-state index contributed by atoms with van der Waals surface area (Å²) in [6, 6.07) is 21.2. The summed E-state index contributed by atoms with van der Waals surface area (Å²) in [5.41, 5.74) is 10.4. The molecule has 2 aromatic carbocycles. The van der Waals surface area contributed by atoms with Crippen LogP contribution in [0.2, 0.25) is 0 Å². The zero-order valence-corrected chi connectivity index (χ0v) is 21.1. The first-order valence-electron chi connectivity index (χ1n) is 12.3. The number of nitrogens with zero attached hydrogens (tertiary/aromatic N) is 2. The molecule has 2 amide bonds. The molecule has 8 heteroatoms. The Kier molecular flexibility index (Phi) is 7.98. The van der Waals surface area contributed by atoms with E-state index in [1.54, 1.807) is 16.7 Å². The van der Waals surface area contributed by atoms with Gasteiger partial charge in [0.2, 0.25) is 11.8 Å². The number of fused-ring (bicyclic) bond motifs is 1. The van der Waals surface area contributed by atoms with Crippen LogP contribution in [-0.4, -0.2) is 35.0 Å². The molecule has 37 heavy (non-hydrogen) atoms. The highest BCUT2D eigenvalue weighted by molar-refractivity contribution is 5.85. The van der Waals surface area contributed by atoms with Crippen LogP contribution in [0.5, 0.6) is 0 Å². The van der Waals surface area contributed by atoms with Gasteiger partial charge in [-0.15, -0.1) is 0 Å². The Morgan fingerprint density at radius 2 is 1.65 bits per heavy atom. The summed E-state index contributed by atoms with van der Waals surface area (Å²) in [6.07, 6.45) is 1.00. The number of carbonyl (C=O) groups excluding carboxylic acids is 2. The number of nitrogens with one attached hydrogen (secondary N) is 2. The molecule has 4 rings (SSSR count). The molecule has 0 fully saturated rings. The van der Waals surface area contributed by atoms with Crippen LogP contribution in [0, 0.1) is 0 Å². The van der Waals surface area contributed by atoms with Gasteiger partial charge in [0.05, 0.1) is 23.9 Å². The summed E-state index contributed by atoms with van der Waals surface area (Å²) in [7, 11) is 1.52. The van der Waals surface area contributed by atoms with Gasteiger partial charge in [-0.3, -0.25) is 14.4 Å². The highest BCUT2D eigenvalue weighted by Gasteiger charge is 2.18. The second kappa shape index (κ2) is 11.5. The molecule has 0 aliphatic carbocycles. The highest BCUT2D eigenvalue weighted by atomic mass is 16.2. The fraction of sp³-hybridized carbons (Fsp3) is 0.241. The number of benzene rings is 2. The summed E-state index contributed by atoms with van der Waals surface area (Å²) >= 11 is 0. The minimum atomic E-state index is -0.284. The molecule has 0 aliphatic heterocycles. The number of hydrogen-bond donors (Lipinski definition) is 3. The van der Waals surface area contributed by atoms with E-state index in [0.29, 0.717) is 36.2 Å². The molecule has 0 aliphatic rings. The van der Waals surface area contributed by atoms with Crippen LogP contribution in [0.1, 0.15) is 23.6 Å². The van der Waals surface area contributed by atoms with E-state index >= 15 is 0 Å². The summed E-state index contributed by atoms with van der Waals surface area (Å²) in [5, 5.41) is 5.92. The van der Waals surface area contributed by atoms with Gasteiger partial charge in [0, 0.05) is 31.3 Å². The third kappa shape index (κ3) is 5.86. The number of amides is 2. The maximum Gasteiger partial charge on any atom is 0.224 e. The molecule has 8 nitrogen and oxygen atoms in total. The number of carbonyl (C=O) groups is 2. The predicted molar refractivity (Wildman–Crippen MR) is 146 cm³/mol. The van der Waals surface area contributed by atoms with Crippen molar-refractivity contribution in [2.45, 2.75) is 32.7 Å². The highest BCUT2D eigenvalue weighted by Crippen LogP contribution is 2.23. The normalized spacial score (nSPS) is 10.9. The van der Waals surface area contributed by atoms with Crippen LogP contribution < -0.4 is 21.8 Å². The number of nitrogens with two attached hydrogens (primary N) is 1. The molecule has 0 atom stereocenters. The second-order valence-corrected chi connectivity index (χ2v) is 8.81. The van der Waals surface area contributed by atoms with E-state index in [1.807, 2.05) is 61.5 Å². The van der Waals surface area contributed by atoms with Gasteiger partial charge in [0.1, 0.15) is 11.5 Å². The first-order chi connectivity index (χ1) is 17.9. The van der Waals surface area contributed by atoms with Gasteiger partial charge in [-0.1, -0.05) is 54.6 Å². The van der Waals surface area contributed by atoms with Gasteiger partial charge in [-0.25, -0.2) is 4.98 Å². The molecule has 0 radical (unpaired) electrons. The number of nitrogen functional groups attached to an aromatic ring is 1. The number of anilines is 1. The van der Waals surface area contributed by atoms with Crippen molar-refractivity contribution in [2.75, 3.05) is 19.3 Å². The molecule has 2 heterocycles. The molecule has 2 aromatic heterocycles. The van der Waals surface area contributed by atoms with Crippen molar-refractivity contribution in [2.24, 2.45) is 0 Å². The molecule has 0 saturated carbocycles. The first-order valence-corrected chi connectivity index (χ1v) is 12.3. The summed E-state index contributed by atoms with van der Waals surface area (Å²) in [6.45, 7) is 3.01. The van der Waals surface area contributed by atoms with Crippen LogP contribution in [-0.2, 0) is 35.4 Å². The molecular formula is C29H31N5O3. The SMILES string of the molecule is CCn1c(N)c(CC(=O)NC)c(=O)c2ccc(-c3ccc(CC(=O)NCCc4ccccc4)cc3)nc21. The standard InChI is InChI=1S/C29H31N5O3/c1-3-34-28(30)23(18-25(35)31-2)27(37)22-13-14-24(33-29(22)34)21-11-9-20(10-12-21)17-26(36)32-16-15-19-7-5-4-6-8-19/h4-14H,3,15-18,30H2,1-2H3,(H,31,35)(H,32,36). The zero-order chi connectivity index (χ0) is 26.4. The van der Waals surface area contributed by atoms with E-state index in [9.17, 15) is 14.4 Å². The molecule has 4 N–H and O–H groups in total. The Morgan fingerprint density at radius 1 is 0.919 bits per heavy atom. The lowest BCUT2D eigenvalue weighted by atomic mass is 10.0. The van der Waals surface area contributed by atoms with Crippen molar-refractivity contribution in [1.82, 2.24) is 20.2 Å². The summed E-state index contributed by atoms with van der Waals surface area (Å²) in [4.78, 5) is 42.1. The largest absolute Gasteiger partial charge is 0.385 e. The second-order valence-electron chi connectivity index (χ2n) is 8.81. The van der Waals surface area contributed by atoms with Crippen molar-refractivity contribution >= 4 is 28.7 Å². The van der Waals surface area contributed by atoms with Crippen LogP contribution in [0.3, 0.4) is 0 Å². The Morgan fingerprint density at radius 3 is 2.32 bits per heavy atom. The van der Waals surface area contributed by atoms with Crippen LogP contribution in [0.4, 0.5) is 5.82 Å². The minimum Gasteiger partial charge on any atom is -0.385 e. The molecule has 190 valence electrons. The van der Waals surface area contributed by atoms with Gasteiger partial charge < -0.3 is 20.9 Å². The topological polar surface area (TPSA) is 119 Å². The number of rotatable bonds is 9. The van der Waals surface area contributed by atoms with Gasteiger partial charge in [0.15, 0.2) is 5.43 Å². The Balaban J connectivity index is 1.50. The smallest absolute Gasteiger partial charge is 0.224 e. The quantitative estimate of drug-likeness (QED) is 0.329. The number of pyridine rings is 2. The molecule has 0 spiro atoms. The molecule has 0 unspecified atom stereocenters. The molecule has 0 bridgehead atoms. The van der Waals surface area contributed by atoms with E-state index in [4.69, 9.17) is 10.7 Å². The number of hydrogen-bond acceptors (Lipinski definition) is 5. The lowest BCUT2D eigenvalue weighted by Crippen LogP contribution is -2.27.